The van der Waals surface area contributed by atoms with Crippen molar-refractivity contribution in [2.45, 2.75) is 12.5 Å². The van der Waals surface area contributed by atoms with Crippen LogP contribution in [0.3, 0.4) is 0 Å². The summed E-state index contributed by atoms with van der Waals surface area (Å²) < 4.78 is 2.33. The number of fused-ring (bicyclic) bond motifs is 6. The van der Waals surface area contributed by atoms with Crippen molar-refractivity contribution in [1.29, 1.82) is 0 Å². The maximum Gasteiger partial charge on any atom is 0.164 e. The largest absolute Gasteiger partial charge is 0.333 e. The van der Waals surface area contributed by atoms with Gasteiger partial charge in [-0.05, 0) is 89.9 Å². The molecule has 0 spiro atoms. The second-order valence-corrected chi connectivity index (χ2v) is 14.4. The molecule has 1 aliphatic heterocycles. The summed E-state index contributed by atoms with van der Waals surface area (Å²) in [7, 11) is 0. The molecular weight excluding hydrogens is 683 g/mol. The van der Waals surface area contributed by atoms with Gasteiger partial charge in [0.25, 0.3) is 0 Å². The predicted octanol–water partition coefficient (Wildman–Crippen LogP) is 12.5. The summed E-state index contributed by atoms with van der Waals surface area (Å²) in [5, 5.41) is 2.34. The van der Waals surface area contributed by atoms with Crippen molar-refractivity contribution >= 4 is 38.8 Å². The molecule has 0 fully saturated rings. The summed E-state index contributed by atoms with van der Waals surface area (Å²) >= 11 is 0. The number of aromatic nitrogens is 4. The maximum atomic E-state index is 5.25. The van der Waals surface area contributed by atoms with Gasteiger partial charge in [0.2, 0.25) is 0 Å². The molecule has 0 bridgehead atoms. The number of rotatable bonds is 6. The fraction of sp³-hybridized carbons (Fsp3) is 0.0392. The molecule has 3 heterocycles. The van der Waals surface area contributed by atoms with Crippen molar-refractivity contribution in [3.63, 3.8) is 0 Å². The Hall–Kier alpha value is -7.37. The summed E-state index contributed by atoms with van der Waals surface area (Å²) in [6.45, 7) is 0. The standard InChI is InChI=1S/C51H35N5/c1-4-14-34(15-5-1)35-24-26-36(27-25-35)49-52-50(37-28-30-47-43(32-37)41-20-10-12-22-45(41)55(47)39-16-6-2-7-17-39)54-51(53-49)38-29-31-48-44(33-38)42-21-11-13-23-46(42)56(48)40-18-8-3-9-19-40/h1-22,24-33,46H,23H2. The molecule has 2 aromatic heterocycles. The summed E-state index contributed by atoms with van der Waals surface area (Å²) in [6, 6.07) is 62.3. The van der Waals surface area contributed by atoms with E-state index in [-0.39, 0.29) is 6.04 Å². The van der Waals surface area contributed by atoms with Crippen molar-refractivity contribution in [1.82, 2.24) is 19.5 Å². The summed E-state index contributed by atoms with van der Waals surface area (Å²) in [6.07, 6.45) is 7.66. The summed E-state index contributed by atoms with van der Waals surface area (Å²) in [5.74, 6) is 1.92. The molecule has 11 rings (SSSR count). The quantitative estimate of drug-likeness (QED) is 0.172. The molecule has 0 N–H and O–H groups in total. The molecule has 1 atom stereocenters. The normalized spacial score (nSPS) is 14.5. The lowest BCUT2D eigenvalue weighted by molar-refractivity contribution is 0.829. The molecule has 9 aromatic rings. The number of anilines is 2. The van der Waals surface area contributed by atoms with E-state index in [4.69, 9.17) is 15.0 Å². The van der Waals surface area contributed by atoms with Gasteiger partial charge in [0.1, 0.15) is 0 Å². The Bertz CT molecular complexity index is 2980. The van der Waals surface area contributed by atoms with Crippen LogP contribution in [0.2, 0.25) is 0 Å². The van der Waals surface area contributed by atoms with Crippen LogP contribution in [-0.2, 0) is 0 Å². The fourth-order valence-corrected chi connectivity index (χ4v) is 8.50. The van der Waals surface area contributed by atoms with Crippen molar-refractivity contribution in [2.75, 3.05) is 4.90 Å². The van der Waals surface area contributed by atoms with Gasteiger partial charge in [0.15, 0.2) is 17.5 Å². The first-order valence-electron chi connectivity index (χ1n) is 19.1. The second kappa shape index (κ2) is 13.2. The molecule has 2 aliphatic rings. The van der Waals surface area contributed by atoms with Gasteiger partial charge in [-0.15, -0.1) is 0 Å². The van der Waals surface area contributed by atoms with E-state index in [1.807, 2.05) is 6.07 Å². The smallest absolute Gasteiger partial charge is 0.164 e. The molecule has 5 nitrogen and oxygen atoms in total. The highest BCUT2D eigenvalue weighted by molar-refractivity contribution is 6.10. The Labute approximate surface area is 325 Å². The highest BCUT2D eigenvalue weighted by Crippen LogP contribution is 2.48. The molecule has 0 radical (unpaired) electrons. The number of allylic oxidation sites excluding steroid dienone is 2. The third kappa shape index (κ3) is 5.36. The Kier molecular flexibility index (Phi) is 7.56. The van der Waals surface area contributed by atoms with Crippen LogP contribution in [0.5, 0.6) is 0 Å². The first-order valence-corrected chi connectivity index (χ1v) is 19.1. The van der Waals surface area contributed by atoms with E-state index in [0.717, 1.165) is 50.8 Å². The average Bonchev–Trinajstić information content (AvgIpc) is 3.79. The van der Waals surface area contributed by atoms with Crippen molar-refractivity contribution in [3.05, 3.63) is 200 Å². The molecule has 5 heteroatoms. The minimum atomic E-state index is 0.241. The topological polar surface area (TPSA) is 46.8 Å². The third-order valence-electron chi connectivity index (χ3n) is 11.1. The van der Waals surface area contributed by atoms with E-state index in [2.05, 4.69) is 198 Å². The van der Waals surface area contributed by atoms with Gasteiger partial charge in [-0.1, -0.05) is 127 Å². The van der Waals surface area contributed by atoms with Crippen LogP contribution in [-0.4, -0.2) is 25.6 Å². The Balaban J connectivity index is 1.08. The van der Waals surface area contributed by atoms with E-state index in [1.165, 1.54) is 33.5 Å². The van der Waals surface area contributed by atoms with Gasteiger partial charge < -0.3 is 9.47 Å². The first-order chi connectivity index (χ1) is 27.8. The second-order valence-electron chi connectivity index (χ2n) is 14.4. The zero-order valence-electron chi connectivity index (χ0n) is 30.5. The van der Waals surface area contributed by atoms with Crippen molar-refractivity contribution in [3.8, 4) is 51.0 Å². The number of benzene rings is 7. The zero-order chi connectivity index (χ0) is 37.0. The van der Waals surface area contributed by atoms with Gasteiger partial charge in [0, 0.05) is 50.1 Å². The van der Waals surface area contributed by atoms with Gasteiger partial charge in [-0.2, -0.15) is 0 Å². The molecule has 1 unspecified atom stereocenters. The number of para-hydroxylation sites is 3. The van der Waals surface area contributed by atoms with Crippen LogP contribution in [0.1, 0.15) is 12.0 Å². The molecule has 56 heavy (non-hydrogen) atoms. The lowest BCUT2D eigenvalue weighted by Crippen LogP contribution is -2.26. The summed E-state index contributed by atoms with van der Waals surface area (Å²) in [4.78, 5) is 18.1. The van der Waals surface area contributed by atoms with E-state index in [9.17, 15) is 0 Å². The minimum absolute atomic E-state index is 0.241. The third-order valence-corrected chi connectivity index (χ3v) is 11.1. The van der Waals surface area contributed by atoms with Gasteiger partial charge in [-0.3, -0.25) is 0 Å². The van der Waals surface area contributed by atoms with Gasteiger partial charge in [-0.25, -0.2) is 15.0 Å². The van der Waals surface area contributed by atoms with Crippen LogP contribution >= 0.6 is 0 Å². The van der Waals surface area contributed by atoms with E-state index in [1.54, 1.807) is 0 Å². The number of hydrogen-bond donors (Lipinski definition) is 0. The average molecular weight is 718 g/mol. The van der Waals surface area contributed by atoms with Crippen LogP contribution in [0.25, 0.3) is 78.4 Å². The van der Waals surface area contributed by atoms with Crippen LogP contribution < -0.4 is 4.90 Å². The fourth-order valence-electron chi connectivity index (χ4n) is 8.50. The van der Waals surface area contributed by atoms with E-state index < -0.39 is 0 Å². The monoisotopic (exact) mass is 717 g/mol. The molecule has 0 saturated heterocycles. The number of hydrogen-bond acceptors (Lipinski definition) is 4. The van der Waals surface area contributed by atoms with Crippen LogP contribution in [0.4, 0.5) is 11.4 Å². The molecule has 0 saturated carbocycles. The number of nitrogens with zero attached hydrogens (tertiary/aromatic N) is 5. The lowest BCUT2D eigenvalue weighted by atomic mass is 9.95. The van der Waals surface area contributed by atoms with Crippen LogP contribution in [0.15, 0.2) is 194 Å². The highest BCUT2D eigenvalue weighted by Gasteiger charge is 2.35. The van der Waals surface area contributed by atoms with Gasteiger partial charge in [0.05, 0.1) is 17.1 Å². The molecule has 0 amide bonds. The predicted molar refractivity (Wildman–Crippen MR) is 230 cm³/mol. The lowest BCUT2D eigenvalue weighted by Gasteiger charge is -2.28. The molecular formula is C51H35N5. The molecule has 7 aromatic carbocycles. The Morgan fingerprint density at radius 3 is 1.75 bits per heavy atom. The Morgan fingerprint density at radius 1 is 0.446 bits per heavy atom. The minimum Gasteiger partial charge on any atom is -0.333 e. The molecule has 264 valence electrons. The van der Waals surface area contributed by atoms with E-state index >= 15 is 0 Å². The maximum absolute atomic E-state index is 5.25. The Morgan fingerprint density at radius 2 is 1.00 bits per heavy atom. The highest BCUT2D eigenvalue weighted by atomic mass is 15.2. The molecule has 1 aliphatic carbocycles. The van der Waals surface area contributed by atoms with Crippen molar-refractivity contribution < 1.29 is 0 Å². The van der Waals surface area contributed by atoms with E-state index in [0.29, 0.717) is 17.5 Å². The first kappa shape index (κ1) is 32.1. The van der Waals surface area contributed by atoms with Crippen LogP contribution in [0, 0.1) is 0 Å². The van der Waals surface area contributed by atoms with Crippen molar-refractivity contribution in [2.24, 2.45) is 0 Å². The summed E-state index contributed by atoms with van der Waals surface area (Å²) in [5.41, 5.74) is 13.5. The zero-order valence-corrected chi connectivity index (χ0v) is 30.5. The SMILES string of the molecule is C1=CCC2C(=C1)c1cc(-c3nc(-c4ccc(-c5ccccc5)cc4)nc(-c4ccc5c(c4)c4ccccc4n5-c4ccccc4)n3)ccc1N2c1ccccc1. The van der Waals surface area contributed by atoms with Gasteiger partial charge >= 0.3 is 0 Å².